The summed E-state index contributed by atoms with van der Waals surface area (Å²) >= 11 is 0. The molecule has 110 valence electrons. The summed E-state index contributed by atoms with van der Waals surface area (Å²) in [5.41, 5.74) is 2.30. The third-order valence-electron chi connectivity index (χ3n) is 2.94. The minimum Gasteiger partial charge on any atom is -0.508 e. The first kappa shape index (κ1) is 16.1. The highest BCUT2D eigenvalue weighted by molar-refractivity contribution is 5.85. The van der Waals surface area contributed by atoms with Crippen LogP contribution in [0.2, 0.25) is 0 Å². The Morgan fingerprint density at radius 3 is 2.75 bits per heavy atom. The number of aryl methyl sites for hydroxylation is 1. The quantitative estimate of drug-likeness (QED) is 0.794. The van der Waals surface area contributed by atoms with E-state index in [0.29, 0.717) is 12.1 Å². The van der Waals surface area contributed by atoms with Crippen LogP contribution in [0.5, 0.6) is 11.5 Å². The Morgan fingerprint density at radius 1 is 1.35 bits per heavy atom. The summed E-state index contributed by atoms with van der Waals surface area (Å²) < 4.78 is 13.9. The van der Waals surface area contributed by atoms with Gasteiger partial charge in [0, 0.05) is 18.2 Å². The molecule has 2 aromatic rings. The number of hydrogen-bond donors (Lipinski definition) is 3. The number of rotatable bonds is 5. The van der Waals surface area contributed by atoms with E-state index in [2.05, 4.69) is 10.4 Å². The van der Waals surface area contributed by atoms with Crippen LogP contribution in [0.25, 0.3) is 0 Å². The lowest BCUT2D eigenvalue weighted by atomic mass is 10.2. The first-order valence-electron chi connectivity index (χ1n) is 5.95. The molecule has 0 atom stereocenters. The average Bonchev–Trinajstić information content (AvgIpc) is 2.71. The molecule has 7 heteroatoms. The Balaban J connectivity index is 0.00000200. The lowest BCUT2D eigenvalue weighted by molar-refractivity contribution is 0.423. The van der Waals surface area contributed by atoms with Gasteiger partial charge in [0.25, 0.3) is 0 Å². The summed E-state index contributed by atoms with van der Waals surface area (Å²) in [6, 6.07) is 4.44. The fourth-order valence-corrected chi connectivity index (χ4v) is 1.82. The number of aromatic hydroxyl groups is 2. The summed E-state index contributed by atoms with van der Waals surface area (Å²) in [5, 5.41) is 26.0. The molecule has 1 heterocycles. The third kappa shape index (κ3) is 3.54. The van der Waals surface area contributed by atoms with Gasteiger partial charge in [-0.25, -0.2) is 4.39 Å². The minimum absolute atomic E-state index is 0. The van der Waals surface area contributed by atoms with Crippen LogP contribution in [0, 0.1) is 6.92 Å². The Labute approximate surface area is 122 Å². The number of anilines is 1. The van der Waals surface area contributed by atoms with Gasteiger partial charge < -0.3 is 15.5 Å². The van der Waals surface area contributed by atoms with Crippen molar-refractivity contribution in [3.63, 3.8) is 0 Å². The van der Waals surface area contributed by atoms with Crippen LogP contribution in [-0.4, -0.2) is 26.7 Å². The van der Waals surface area contributed by atoms with Crippen LogP contribution < -0.4 is 5.32 Å². The standard InChI is InChI=1S/C13H16FN3O2.ClH/c1-9-12(8-16-17(9)5-4-14)15-7-10-2-3-11(18)6-13(10)19;/h2-3,6,8,15,18-19H,4-5,7H2,1H3;1H. The van der Waals surface area contributed by atoms with Crippen molar-refractivity contribution in [3.05, 3.63) is 35.7 Å². The topological polar surface area (TPSA) is 70.3 Å². The fourth-order valence-electron chi connectivity index (χ4n) is 1.82. The highest BCUT2D eigenvalue weighted by Crippen LogP contribution is 2.24. The highest BCUT2D eigenvalue weighted by atomic mass is 35.5. The van der Waals surface area contributed by atoms with Crippen molar-refractivity contribution in [1.82, 2.24) is 9.78 Å². The molecule has 1 aromatic heterocycles. The van der Waals surface area contributed by atoms with Gasteiger partial charge in [-0.1, -0.05) is 0 Å². The van der Waals surface area contributed by atoms with E-state index in [9.17, 15) is 14.6 Å². The second-order valence-electron chi connectivity index (χ2n) is 4.22. The molecule has 0 bridgehead atoms. The summed E-state index contributed by atoms with van der Waals surface area (Å²) in [6.07, 6.45) is 1.63. The van der Waals surface area contributed by atoms with Crippen LogP contribution in [-0.2, 0) is 13.1 Å². The largest absolute Gasteiger partial charge is 0.508 e. The molecule has 0 radical (unpaired) electrons. The van der Waals surface area contributed by atoms with E-state index < -0.39 is 6.67 Å². The van der Waals surface area contributed by atoms with Crippen molar-refractivity contribution >= 4 is 18.1 Å². The number of phenols is 2. The van der Waals surface area contributed by atoms with E-state index in [1.54, 1.807) is 16.9 Å². The maximum Gasteiger partial charge on any atom is 0.124 e. The second-order valence-corrected chi connectivity index (χ2v) is 4.22. The van der Waals surface area contributed by atoms with Gasteiger partial charge >= 0.3 is 0 Å². The van der Waals surface area contributed by atoms with E-state index in [1.165, 1.54) is 12.1 Å². The van der Waals surface area contributed by atoms with Crippen LogP contribution in [0.15, 0.2) is 24.4 Å². The van der Waals surface area contributed by atoms with Gasteiger partial charge in [-0.3, -0.25) is 4.68 Å². The maximum atomic E-state index is 12.3. The second kappa shape index (κ2) is 7.00. The molecule has 3 N–H and O–H groups in total. The predicted molar refractivity (Wildman–Crippen MR) is 77.3 cm³/mol. The molecule has 0 aliphatic carbocycles. The Kier molecular flexibility index (Phi) is 5.64. The van der Waals surface area contributed by atoms with Gasteiger partial charge in [-0.15, -0.1) is 12.4 Å². The molecule has 20 heavy (non-hydrogen) atoms. The molecule has 1 aromatic carbocycles. The third-order valence-corrected chi connectivity index (χ3v) is 2.94. The number of phenolic OH excluding ortho intramolecular Hbond substituents is 2. The molecule has 5 nitrogen and oxygen atoms in total. The van der Waals surface area contributed by atoms with E-state index >= 15 is 0 Å². The Hall–Kier alpha value is -1.95. The monoisotopic (exact) mass is 301 g/mol. The number of halogens is 2. The zero-order valence-corrected chi connectivity index (χ0v) is 11.8. The average molecular weight is 302 g/mol. The van der Waals surface area contributed by atoms with Crippen LogP contribution in [0.4, 0.5) is 10.1 Å². The van der Waals surface area contributed by atoms with E-state index in [-0.39, 0.29) is 30.5 Å². The molecule has 0 unspecified atom stereocenters. The SMILES string of the molecule is Cc1c(NCc2ccc(O)cc2O)cnn1CCF.Cl. The van der Waals surface area contributed by atoms with Crippen molar-refractivity contribution in [2.45, 2.75) is 20.0 Å². The summed E-state index contributed by atoms with van der Waals surface area (Å²) in [4.78, 5) is 0. The van der Waals surface area contributed by atoms with Gasteiger partial charge in [0.05, 0.1) is 24.1 Å². The number of nitrogens with zero attached hydrogens (tertiary/aromatic N) is 2. The highest BCUT2D eigenvalue weighted by Gasteiger charge is 2.07. The van der Waals surface area contributed by atoms with Crippen molar-refractivity contribution < 1.29 is 14.6 Å². The van der Waals surface area contributed by atoms with Crippen molar-refractivity contribution in [3.8, 4) is 11.5 Å². The lowest BCUT2D eigenvalue weighted by Gasteiger charge is -2.08. The molecule has 0 spiro atoms. The van der Waals surface area contributed by atoms with Crippen molar-refractivity contribution in [2.24, 2.45) is 0 Å². The van der Waals surface area contributed by atoms with E-state index in [4.69, 9.17) is 0 Å². The predicted octanol–water partition coefficient (Wildman–Crippen LogP) is 2.61. The van der Waals surface area contributed by atoms with E-state index in [0.717, 1.165) is 11.4 Å². The Bertz CT molecular complexity index is 575. The summed E-state index contributed by atoms with van der Waals surface area (Å²) in [6.45, 7) is 2.02. The molecular formula is C13H17ClFN3O2. The summed E-state index contributed by atoms with van der Waals surface area (Å²) in [7, 11) is 0. The lowest BCUT2D eigenvalue weighted by Crippen LogP contribution is -2.05. The molecule has 0 saturated heterocycles. The molecule has 0 amide bonds. The van der Waals surface area contributed by atoms with Crippen LogP contribution in [0.1, 0.15) is 11.3 Å². The minimum atomic E-state index is -0.458. The number of alkyl halides is 1. The molecule has 0 aliphatic heterocycles. The number of nitrogens with one attached hydrogen (secondary N) is 1. The molecular weight excluding hydrogens is 285 g/mol. The summed E-state index contributed by atoms with van der Waals surface area (Å²) in [5.74, 6) is 0.0505. The molecule has 2 rings (SSSR count). The first-order valence-corrected chi connectivity index (χ1v) is 5.95. The smallest absolute Gasteiger partial charge is 0.124 e. The Morgan fingerprint density at radius 2 is 2.10 bits per heavy atom. The maximum absolute atomic E-state index is 12.3. The zero-order chi connectivity index (χ0) is 13.8. The first-order chi connectivity index (χ1) is 9.11. The molecule has 0 saturated carbocycles. The van der Waals surface area contributed by atoms with Crippen LogP contribution in [0.3, 0.4) is 0 Å². The number of hydrogen-bond acceptors (Lipinski definition) is 4. The van der Waals surface area contributed by atoms with Gasteiger partial charge in [0.15, 0.2) is 0 Å². The van der Waals surface area contributed by atoms with Crippen LogP contribution >= 0.6 is 12.4 Å². The van der Waals surface area contributed by atoms with Gasteiger partial charge in [-0.05, 0) is 19.1 Å². The van der Waals surface area contributed by atoms with Gasteiger partial charge in [0.1, 0.15) is 18.2 Å². The van der Waals surface area contributed by atoms with Crippen molar-refractivity contribution in [2.75, 3.05) is 12.0 Å². The number of benzene rings is 1. The zero-order valence-electron chi connectivity index (χ0n) is 11.0. The number of aromatic nitrogens is 2. The molecule has 0 fully saturated rings. The normalized spacial score (nSPS) is 10.1. The fraction of sp³-hybridized carbons (Fsp3) is 0.308. The van der Waals surface area contributed by atoms with Gasteiger partial charge in [0.2, 0.25) is 0 Å². The van der Waals surface area contributed by atoms with E-state index in [1.807, 2.05) is 6.92 Å². The van der Waals surface area contributed by atoms with Gasteiger partial charge in [-0.2, -0.15) is 5.10 Å². The molecule has 0 aliphatic rings. The van der Waals surface area contributed by atoms with Crippen molar-refractivity contribution in [1.29, 1.82) is 0 Å².